The quantitative estimate of drug-likeness (QED) is 0.0217. The Morgan fingerprint density at radius 2 is 1.38 bits per heavy atom. The van der Waals surface area contributed by atoms with Crippen LogP contribution in [0.15, 0.2) is 35.3 Å². The second kappa shape index (κ2) is 29.9. The SMILES string of the molecule is CNC(=O)[C@H](CO)CC(=O)[C@H](CO)NC(=O)[C@H](CCCN=C(N)N)CC(=O)[C@H](Cc1ccccc1)NC(=O)[C@@H](CC(=O)C(NC(=O)CC[C@@H](C)[C@H]1CCC2C3CCC4C[C@H](OC(=O)C(F)(F)F)CC[C@]4(C)C3CC[C@@]21C)[C@@H](C)O)C(C)C. The standard InChI is InChI=1S/C60H92F3N7O12/c1-33(2)42(55(80)68-46(26-36-12-9-8-10-13-36)48(74)27-37(14-11-25-67-57(64)65)54(79)69-47(32-72)49(75)28-38(31-71)53(78)66-7)30-50(76)52(35(4)73)70-51(77)20-15-34(3)43-18-19-44-41-17-16-39-29-40(82-56(81)60(61,62)63)21-23-58(39,5)45(41)22-24-59(43,44)6/h8-10,12-13,33-35,37-47,52,71-73H,11,14-32H2,1-7H3,(H,66,78)(H,68,80)(H,69,79)(H,70,77)(H4,64,65,67)/t34-,35-,37-,38+,39?,40-,41?,42+,43-,44?,45?,46+,47+,52?,58+,59-/m1/s1. The van der Waals surface area contributed by atoms with Crippen molar-refractivity contribution in [3.63, 3.8) is 0 Å². The summed E-state index contributed by atoms with van der Waals surface area (Å²) in [6, 6.07) is 4.78. The van der Waals surface area contributed by atoms with Gasteiger partial charge in [-0.15, -0.1) is 0 Å². The molecule has 0 bridgehead atoms. The van der Waals surface area contributed by atoms with Crippen LogP contribution in [0.3, 0.4) is 0 Å². The summed E-state index contributed by atoms with van der Waals surface area (Å²) in [6.07, 6.45) is 0.0700. The summed E-state index contributed by atoms with van der Waals surface area (Å²) in [7, 11) is 1.33. The molecule has 0 heterocycles. The average molecular weight is 1160 g/mol. The summed E-state index contributed by atoms with van der Waals surface area (Å²) >= 11 is 0. The third kappa shape index (κ3) is 17.3. The van der Waals surface area contributed by atoms with E-state index in [4.69, 9.17) is 16.2 Å². The highest BCUT2D eigenvalue weighted by Crippen LogP contribution is 2.68. The maximum atomic E-state index is 14.5. The molecule has 16 atom stereocenters. The number of aliphatic hydroxyl groups excluding tert-OH is 3. The van der Waals surface area contributed by atoms with Crippen molar-refractivity contribution in [1.29, 1.82) is 0 Å². The van der Waals surface area contributed by atoms with Gasteiger partial charge in [0.1, 0.15) is 18.2 Å². The van der Waals surface area contributed by atoms with Gasteiger partial charge < -0.3 is 52.8 Å². The minimum Gasteiger partial charge on any atom is -0.456 e. The Morgan fingerprint density at radius 1 is 0.744 bits per heavy atom. The molecule has 0 spiro atoms. The van der Waals surface area contributed by atoms with Gasteiger partial charge in [0, 0.05) is 51.1 Å². The number of carbonyl (C=O) groups excluding carboxylic acids is 8. The van der Waals surface area contributed by atoms with Crippen LogP contribution in [0.25, 0.3) is 0 Å². The van der Waals surface area contributed by atoms with Crippen LogP contribution in [-0.4, -0.2) is 132 Å². The summed E-state index contributed by atoms with van der Waals surface area (Å²) in [6.45, 7) is 10.3. The highest BCUT2D eigenvalue weighted by Gasteiger charge is 2.61. The lowest BCUT2D eigenvalue weighted by Gasteiger charge is -2.61. The van der Waals surface area contributed by atoms with Crippen LogP contribution in [0.1, 0.15) is 150 Å². The fraction of sp³-hybridized carbons (Fsp3) is 0.750. The number of benzene rings is 1. The molecule has 4 amide bonds. The molecule has 4 saturated carbocycles. The smallest absolute Gasteiger partial charge is 0.456 e. The average Bonchev–Trinajstić information content (AvgIpc) is 3.33. The molecule has 11 N–H and O–H groups in total. The number of rotatable bonds is 30. The number of hydrogen-bond acceptors (Lipinski definition) is 13. The van der Waals surface area contributed by atoms with Gasteiger partial charge in [0.25, 0.3) is 0 Å². The number of alkyl halides is 3. The minimum atomic E-state index is -5.01. The number of esters is 1. The topological polar surface area (TPSA) is 319 Å². The van der Waals surface area contributed by atoms with Crippen LogP contribution in [0, 0.1) is 70.0 Å². The van der Waals surface area contributed by atoms with E-state index in [2.05, 4.69) is 47.0 Å². The van der Waals surface area contributed by atoms with Crippen molar-refractivity contribution in [2.24, 2.45) is 86.5 Å². The third-order valence-electron chi connectivity index (χ3n) is 19.4. The van der Waals surface area contributed by atoms with Gasteiger partial charge in [-0.25, -0.2) is 4.79 Å². The van der Waals surface area contributed by atoms with Gasteiger partial charge >= 0.3 is 12.1 Å². The lowest BCUT2D eigenvalue weighted by Crippen LogP contribution is -2.54. The van der Waals surface area contributed by atoms with Gasteiger partial charge in [0.15, 0.2) is 23.3 Å². The highest BCUT2D eigenvalue weighted by atomic mass is 19.4. The molecule has 82 heavy (non-hydrogen) atoms. The Morgan fingerprint density at radius 3 is 1.99 bits per heavy atom. The van der Waals surface area contributed by atoms with Crippen LogP contribution < -0.4 is 32.7 Å². The predicted molar refractivity (Wildman–Crippen MR) is 299 cm³/mol. The number of hydrogen-bond donors (Lipinski definition) is 9. The number of nitrogens with zero attached hydrogens (tertiary/aromatic N) is 1. The number of carbonyl (C=O) groups is 8. The van der Waals surface area contributed by atoms with Crippen molar-refractivity contribution in [3.05, 3.63) is 35.9 Å². The summed E-state index contributed by atoms with van der Waals surface area (Å²) in [4.78, 5) is 112. The molecule has 4 fully saturated rings. The molecule has 460 valence electrons. The number of nitrogens with one attached hydrogen (secondary N) is 4. The van der Waals surface area contributed by atoms with E-state index >= 15 is 0 Å². The van der Waals surface area contributed by atoms with E-state index in [0.717, 1.165) is 44.9 Å². The molecular formula is C60H92F3N7O12. The molecule has 1 aromatic carbocycles. The van der Waals surface area contributed by atoms with Gasteiger partial charge in [0.2, 0.25) is 23.6 Å². The second-order valence-electron chi connectivity index (χ2n) is 25.0. The maximum absolute atomic E-state index is 14.5. The third-order valence-corrected chi connectivity index (χ3v) is 19.4. The zero-order valence-corrected chi connectivity index (χ0v) is 48.9. The number of ketones is 3. The van der Waals surface area contributed by atoms with Crippen LogP contribution in [0.2, 0.25) is 0 Å². The van der Waals surface area contributed by atoms with Crippen LogP contribution in [0.5, 0.6) is 0 Å². The Labute approximate surface area is 480 Å². The van der Waals surface area contributed by atoms with Crippen molar-refractivity contribution in [3.8, 4) is 0 Å². The molecule has 5 rings (SSSR count). The molecule has 1 aromatic rings. The molecule has 19 nitrogen and oxygen atoms in total. The first-order chi connectivity index (χ1) is 38.6. The molecule has 0 radical (unpaired) electrons. The number of amides is 4. The first-order valence-corrected chi connectivity index (χ1v) is 29.5. The lowest BCUT2D eigenvalue weighted by molar-refractivity contribution is -0.210. The van der Waals surface area contributed by atoms with E-state index in [-0.39, 0.29) is 67.3 Å². The number of nitrogens with two attached hydrogens (primary N) is 2. The van der Waals surface area contributed by atoms with Gasteiger partial charge in [-0.1, -0.05) is 65.0 Å². The van der Waals surface area contributed by atoms with E-state index < -0.39 is 133 Å². The molecule has 4 aliphatic rings. The number of halogens is 3. The molecule has 0 aromatic heterocycles. The zero-order valence-electron chi connectivity index (χ0n) is 48.9. The van der Waals surface area contributed by atoms with Crippen LogP contribution in [-0.2, 0) is 49.5 Å². The Bertz CT molecular complexity index is 2410. The highest BCUT2D eigenvalue weighted by molar-refractivity contribution is 5.97. The number of fused-ring (bicyclic) bond motifs is 5. The Kier molecular flexibility index (Phi) is 24.5. The molecule has 0 saturated heterocycles. The Balaban J connectivity index is 1.22. The molecule has 22 heteroatoms. The molecular weight excluding hydrogens is 1070 g/mol. The fourth-order valence-electron chi connectivity index (χ4n) is 14.7. The number of aliphatic hydroxyl groups is 3. The van der Waals surface area contributed by atoms with Crippen molar-refractivity contribution in [1.82, 2.24) is 21.3 Å². The fourth-order valence-corrected chi connectivity index (χ4v) is 14.7. The normalized spacial score (nSPS) is 27.0. The van der Waals surface area contributed by atoms with Gasteiger partial charge in [-0.2, -0.15) is 13.2 Å². The maximum Gasteiger partial charge on any atom is 0.490 e. The first kappa shape index (κ1) is 67.3. The molecule has 0 aliphatic heterocycles. The van der Waals surface area contributed by atoms with Gasteiger partial charge in [-0.3, -0.25) is 38.6 Å². The molecule has 5 unspecified atom stereocenters. The number of Topliss-reactive ketones (excluding diaryl/α,β-unsaturated/α-hetero) is 3. The summed E-state index contributed by atoms with van der Waals surface area (Å²) in [5.41, 5.74) is 11.7. The molecule has 4 aliphatic carbocycles. The minimum absolute atomic E-state index is 0.000587. The van der Waals surface area contributed by atoms with Crippen molar-refractivity contribution in [2.45, 2.75) is 187 Å². The Hall–Kier alpha value is -5.48. The van der Waals surface area contributed by atoms with E-state index in [1.807, 2.05) is 0 Å². The monoisotopic (exact) mass is 1160 g/mol. The van der Waals surface area contributed by atoms with Crippen molar-refractivity contribution in [2.75, 3.05) is 26.8 Å². The van der Waals surface area contributed by atoms with E-state index in [0.29, 0.717) is 48.5 Å². The number of aliphatic imine (C=N–C) groups is 1. The summed E-state index contributed by atoms with van der Waals surface area (Å²) in [5, 5.41) is 41.3. The number of guanidine groups is 1. The predicted octanol–water partition coefficient (Wildman–Crippen LogP) is 4.78. The van der Waals surface area contributed by atoms with E-state index in [1.54, 1.807) is 44.2 Å². The van der Waals surface area contributed by atoms with E-state index in [9.17, 15) is 66.8 Å². The van der Waals surface area contributed by atoms with E-state index in [1.165, 1.54) is 14.0 Å². The van der Waals surface area contributed by atoms with Gasteiger partial charge in [0.05, 0.1) is 31.3 Å². The summed E-state index contributed by atoms with van der Waals surface area (Å²) < 4.78 is 44.0. The number of ether oxygens (including phenoxy) is 1. The largest absolute Gasteiger partial charge is 0.490 e. The second-order valence-corrected chi connectivity index (χ2v) is 25.0. The first-order valence-electron chi connectivity index (χ1n) is 29.5. The van der Waals surface area contributed by atoms with Crippen LogP contribution >= 0.6 is 0 Å². The van der Waals surface area contributed by atoms with Crippen LogP contribution in [0.4, 0.5) is 13.2 Å². The van der Waals surface area contributed by atoms with Crippen molar-refractivity contribution < 1.29 is 71.6 Å². The van der Waals surface area contributed by atoms with Crippen molar-refractivity contribution >= 4 is 52.9 Å². The zero-order chi connectivity index (χ0) is 60.9. The van der Waals surface area contributed by atoms with Gasteiger partial charge in [-0.05, 0) is 148 Å². The summed E-state index contributed by atoms with van der Waals surface area (Å²) in [5.74, 6) is -8.30. The lowest BCUT2D eigenvalue weighted by atomic mass is 9.44.